The van der Waals surface area contributed by atoms with Gasteiger partial charge in [-0.2, -0.15) is 0 Å². The quantitative estimate of drug-likeness (QED) is 0.352. The number of benzene rings is 1. The first kappa shape index (κ1) is 30.3. The molecule has 37 heavy (non-hydrogen) atoms. The first-order valence-electron chi connectivity index (χ1n) is 13.4. The molecular formula is C28H43N3O6. The first-order valence-corrected chi connectivity index (χ1v) is 13.4. The molecule has 0 unspecified atom stereocenters. The van der Waals surface area contributed by atoms with E-state index in [2.05, 4.69) is 22.9 Å². The summed E-state index contributed by atoms with van der Waals surface area (Å²) in [4.78, 5) is 52.6. The molecule has 1 fully saturated rings. The van der Waals surface area contributed by atoms with Crippen LogP contribution in [-0.2, 0) is 30.3 Å². The van der Waals surface area contributed by atoms with Crippen molar-refractivity contribution in [3.8, 4) is 0 Å². The number of hydrogen-bond donors (Lipinski definition) is 4. The Labute approximate surface area is 220 Å². The number of ether oxygens (including phenoxy) is 1. The van der Waals surface area contributed by atoms with Crippen molar-refractivity contribution >= 4 is 23.7 Å². The summed E-state index contributed by atoms with van der Waals surface area (Å²) in [5.41, 5.74) is 0.824. The molecule has 2 rings (SSSR count). The van der Waals surface area contributed by atoms with Crippen molar-refractivity contribution < 1.29 is 29.0 Å². The molecule has 1 aromatic carbocycles. The van der Waals surface area contributed by atoms with Gasteiger partial charge in [-0.1, -0.05) is 77.3 Å². The minimum Gasteiger partial charge on any atom is -0.460 e. The molecule has 1 aliphatic rings. The molecule has 3 amide bonds. The maximum absolute atomic E-state index is 13.3. The van der Waals surface area contributed by atoms with Crippen molar-refractivity contribution in [2.45, 2.75) is 96.9 Å². The Morgan fingerprint density at radius 3 is 2.22 bits per heavy atom. The molecule has 6 atom stereocenters. The Bertz CT molecular complexity index is 893. The van der Waals surface area contributed by atoms with E-state index in [4.69, 9.17) is 4.74 Å². The third-order valence-corrected chi connectivity index (χ3v) is 6.99. The van der Waals surface area contributed by atoms with E-state index in [1.807, 2.05) is 51.1 Å². The number of carbonyl (C=O) groups is 4. The van der Waals surface area contributed by atoms with Gasteiger partial charge in [-0.15, -0.1) is 0 Å². The van der Waals surface area contributed by atoms with Crippen molar-refractivity contribution in [1.29, 1.82) is 0 Å². The van der Waals surface area contributed by atoms with Crippen LogP contribution in [0.1, 0.15) is 71.8 Å². The van der Waals surface area contributed by atoms with Gasteiger partial charge in [-0.05, 0) is 30.2 Å². The normalized spacial score (nSPS) is 25.3. The number of cyclic esters (lactones) is 1. The van der Waals surface area contributed by atoms with Crippen LogP contribution in [0, 0.1) is 11.8 Å². The summed E-state index contributed by atoms with van der Waals surface area (Å²) < 4.78 is 5.87. The van der Waals surface area contributed by atoms with Crippen LogP contribution in [0.5, 0.6) is 0 Å². The molecule has 1 aliphatic heterocycles. The lowest BCUT2D eigenvalue weighted by molar-refractivity contribution is -0.157. The lowest BCUT2D eigenvalue weighted by atomic mass is 9.94. The molecule has 1 saturated heterocycles. The monoisotopic (exact) mass is 517 g/mol. The molecule has 4 N–H and O–H groups in total. The molecule has 0 aliphatic carbocycles. The van der Waals surface area contributed by atoms with Crippen LogP contribution in [0.4, 0.5) is 0 Å². The van der Waals surface area contributed by atoms with Crippen molar-refractivity contribution in [1.82, 2.24) is 16.0 Å². The molecule has 9 nitrogen and oxygen atoms in total. The van der Waals surface area contributed by atoms with Gasteiger partial charge in [0.1, 0.15) is 24.2 Å². The van der Waals surface area contributed by atoms with Crippen LogP contribution >= 0.6 is 0 Å². The van der Waals surface area contributed by atoms with Crippen LogP contribution in [0.3, 0.4) is 0 Å². The predicted octanol–water partition coefficient (Wildman–Crippen LogP) is 2.25. The van der Waals surface area contributed by atoms with Gasteiger partial charge in [0, 0.05) is 6.42 Å². The van der Waals surface area contributed by atoms with Crippen LogP contribution in [0.15, 0.2) is 30.3 Å². The second kappa shape index (κ2) is 15.3. The number of carbonyl (C=O) groups excluding carboxylic acids is 4. The van der Waals surface area contributed by atoms with Crippen molar-refractivity contribution in [2.75, 3.05) is 6.61 Å². The van der Waals surface area contributed by atoms with Crippen LogP contribution in [-0.4, -0.2) is 59.6 Å². The van der Waals surface area contributed by atoms with Gasteiger partial charge in [0.2, 0.25) is 17.7 Å². The van der Waals surface area contributed by atoms with Gasteiger partial charge in [-0.25, -0.2) is 4.79 Å². The van der Waals surface area contributed by atoms with Gasteiger partial charge >= 0.3 is 5.97 Å². The highest BCUT2D eigenvalue weighted by molar-refractivity contribution is 5.94. The molecular weight excluding hydrogens is 474 g/mol. The van der Waals surface area contributed by atoms with E-state index in [0.29, 0.717) is 6.42 Å². The van der Waals surface area contributed by atoms with E-state index >= 15 is 0 Å². The van der Waals surface area contributed by atoms with E-state index < -0.39 is 54.5 Å². The summed E-state index contributed by atoms with van der Waals surface area (Å²) in [6.45, 7) is 7.30. The SMILES string of the molecule is CCCC[C@H](C)[C@@H]1CC(=O)N[C@@H](Cc2ccccc2)C(=O)N[C@@H](CO)C(=O)N[C@H](C[C@@H](C)CC)C(=O)O1. The van der Waals surface area contributed by atoms with E-state index in [9.17, 15) is 24.3 Å². The lowest BCUT2D eigenvalue weighted by Gasteiger charge is -2.28. The molecule has 0 aromatic heterocycles. The molecule has 0 radical (unpaired) electrons. The third kappa shape index (κ3) is 9.80. The summed E-state index contributed by atoms with van der Waals surface area (Å²) in [6, 6.07) is 5.98. The van der Waals surface area contributed by atoms with Gasteiger partial charge in [0.15, 0.2) is 0 Å². The average Bonchev–Trinajstić information content (AvgIpc) is 2.89. The Hall–Kier alpha value is -2.94. The third-order valence-electron chi connectivity index (χ3n) is 6.99. The number of rotatable bonds is 10. The first-order chi connectivity index (χ1) is 17.7. The van der Waals surface area contributed by atoms with Crippen molar-refractivity contribution in [3.05, 3.63) is 35.9 Å². The smallest absolute Gasteiger partial charge is 0.328 e. The zero-order chi connectivity index (χ0) is 27.4. The minimum absolute atomic E-state index is 0.0914. The number of hydrogen-bond acceptors (Lipinski definition) is 6. The Morgan fingerprint density at radius 1 is 0.946 bits per heavy atom. The zero-order valence-corrected chi connectivity index (χ0v) is 22.5. The number of amides is 3. The van der Waals surface area contributed by atoms with E-state index in [1.165, 1.54) is 0 Å². The van der Waals surface area contributed by atoms with E-state index in [-0.39, 0.29) is 24.7 Å². The van der Waals surface area contributed by atoms with Crippen molar-refractivity contribution in [2.24, 2.45) is 11.8 Å². The zero-order valence-electron chi connectivity index (χ0n) is 22.5. The summed E-state index contributed by atoms with van der Waals surface area (Å²) in [7, 11) is 0. The molecule has 206 valence electrons. The Morgan fingerprint density at radius 2 is 1.59 bits per heavy atom. The summed E-state index contributed by atoms with van der Waals surface area (Å²) >= 11 is 0. The highest BCUT2D eigenvalue weighted by atomic mass is 16.5. The van der Waals surface area contributed by atoms with Crippen LogP contribution < -0.4 is 16.0 Å². The number of esters is 1. The summed E-state index contributed by atoms with van der Waals surface area (Å²) in [6.07, 6.45) is 3.18. The van der Waals surface area contributed by atoms with Gasteiger partial charge in [-0.3, -0.25) is 14.4 Å². The fourth-order valence-corrected chi connectivity index (χ4v) is 4.32. The van der Waals surface area contributed by atoms with Gasteiger partial charge < -0.3 is 25.8 Å². The van der Waals surface area contributed by atoms with E-state index in [1.54, 1.807) is 0 Å². The maximum Gasteiger partial charge on any atom is 0.328 e. The second-order valence-corrected chi connectivity index (χ2v) is 10.2. The topological polar surface area (TPSA) is 134 Å². The van der Waals surface area contributed by atoms with Crippen LogP contribution in [0.25, 0.3) is 0 Å². The highest BCUT2D eigenvalue weighted by Gasteiger charge is 2.34. The molecule has 0 bridgehead atoms. The van der Waals surface area contributed by atoms with Gasteiger partial charge in [0.05, 0.1) is 13.0 Å². The van der Waals surface area contributed by atoms with E-state index in [0.717, 1.165) is 31.2 Å². The highest BCUT2D eigenvalue weighted by Crippen LogP contribution is 2.21. The number of nitrogens with one attached hydrogen (secondary N) is 3. The Kier molecular flexibility index (Phi) is 12.6. The summed E-state index contributed by atoms with van der Waals surface area (Å²) in [5, 5.41) is 17.9. The fraction of sp³-hybridized carbons (Fsp3) is 0.643. The van der Waals surface area contributed by atoms with Crippen molar-refractivity contribution in [3.63, 3.8) is 0 Å². The molecule has 0 spiro atoms. The predicted molar refractivity (Wildman–Crippen MR) is 140 cm³/mol. The standard InChI is InChI=1S/C28H43N3O6/c1-5-7-11-19(4)24-16-25(33)29-21(15-20-12-9-8-10-13-20)26(34)31-23(17-32)27(35)30-22(28(36)37-24)14-18(3)6-2/h8-10,12-13,18-19,21-24,32H,5-7,11,14-17H2,1-4H3,(H,29,33)(H,30,35)(H,31,34)/t18-,19-,21-,22+,23-,24-/m0/s1. The molecule has 0 saturated carbocycles. The lowest BCUT2D eigenvalue weighted by Crippen LogP contribution is -2.57. The largest absolute Gasteiger partial charge is 0.460 e. The van der Waals surface area contributed by atoms with Gasteiger partial charge in [0.25, 0.3) is 0 Å². The average molecular weight is 518 g/mol. The second-order valence-electron chi connectivity index (χ2n) is 10.2. The number of aliphatic hydroxyl groups is 1. The maximum atomic E-state index is 13.3. The Balaban J connectivity index is 2.40. The molecule has 9 heteroatoms. The number of unbranched alkanes of at least 4 members (excludes halogenated alkanes) is 1. The minimum atomic E-state index is -1.28. The molecule has 1 aromatic rings. The summed E-state index contributed by atoms with van der Waals surface area (Å²) in [5.74, 6) is -2.28. The molecule has 1 heterocycles. The fourth-order valence-electron chi connectivity index (χ4n) is 4.32. The van der Waals surface area contributed by atoms with Crippen LogP contribution in [0.2, 0.25) is 0 Å². The number of aliphatic hydroxyl groups excluding tert-OH is 1.